The molecule has 1 heterocycles. The molecule has 0 atom stereocenters. The van der Waals surface area contributed by atoms with Crippen LogP contribution in [0.4, 0.5) is 0 Å². The number of nitrogens with zero attached hydrogens (tertiary/aromatic N) is 1. The third-order valence-corrected chi connectivity index (χ3v) is 3.99. The smallest absolute Gasteiger partial charge is 0.162 e. The van der Waals surface area contributed by atoms with Crippen LogP contribution < -0.4 is 4.74 Å². The van der Waals surface area contributed by atoms with Crippen LogP contribution in [-0.4, -0.2) is 17.5 Å². The molecule has 0 aliphatic rings. The summed E-state index contributed by atoms with van der Waals surface area (Å²) in [5, 5.41) is 0.951. The van der Waals surface area contributed by atoms with Crippen molar-refractivity contribution in [2.45, 2.75) is 20.4 Å². The second kappa shape index (κ2) is 5.68. The first-order valence-electron chi connectivity index (χ1n) is 7.44. The molecule has 0 saturated heterocycles. The van der Waals surface area contributed by atoms with Crippen LogP contribution in [0.3, 0.4) is 0 Å². The Morgan fingerprint density at radius 1 is 1.14 bits per heavy atom. The molecule has 3 heteroatoms. The zero-order valence-corrected chi connectivity index (χ0v) is 13.1. The summed E-state index contributed by atoms with van der Waals surface area (Å²) >= 11 is 0. The molecule has 3 aromatic rings. The second-order valence-corrected chi connectivity index (χ2v) is 5.27. The molecule has 0 aliphatic carbocycles. The van der Waals surface area contributed by atoms with Crippen LogP contribution >= 0.6 is 0 Å². The van der Waals surface area contributed by atoms with Crippen LogP contribution in [0.15, 0.2) is 48.5 Å². The summed E-state index contributed by atoms with van der Waals surface area (Å²) in [5.41, 5.74) is 3.87. The number of aryl methyl sites for hydroxylation is 1. The van der Waals surface area contributed by atoms with Crippen molar-refractivity contribution in [2.75, 3.05) is 7.11 Å². The molecule has 0 unspecified atom stereocenters. The number of methoxy groups -OCH3 is 1. The average Bonchev–Trinajstić information content (AvgIpc) is 2.89. The third kappa shape index (κ3) is 2.19. The van der Waals surface area contributed by atoms with Gasteiger partial charge in [-0.1, -0.05) is 30.3 Å². The Bertz CT molecular complexity index is 832. The van der Waals surface area contributed by atoms with Crippen LogP contribution in [0.2, 0.25) is 0 Å². The SMILES string of the molecule is CCn1c(-c2ccccc2)c(C(C)=O)c2cc(OC)ccc21. The van der Waals surface area contributed by atoms with Gasteiger partial charge in [-0.15, -0.1) is 0 Å². The normalized spacial score (nSPS) is 10.9. The van der Waals surface area contributed by atoms with E-state index in [0.29, 0.717) is 0 Å². The van der Waals surface area contributed by atoms with Gasteiger partial charge in [0.05, 0.1) is 18.4 Å². The summed E-state index contributed by atoms with van der Waals surface area (Å²) in [6, 6.07) is 16.0. The van der Waals surface area contributed by atoms with Gasteiger partial charge in [0.2, 0.25) is 0 Å². The van der Waals surface area contributed by atoms with Gasteiger partial charge in [-0.25, -0.2) is 0 Å². The van der Waals surface area contributed by atoms with E-state index in [1.807, 2.05) is 48.5 Å². The zero-order chi connectivity index (χ0) is 15.7. The van der Waals surface area contributed by atoms with Gasteiger partial charge in [0, 0.05) is 17.4 Å². The number of Topliss-reactive ketones (excluding diaryl/α,β-unsaturated/α-hetero) is 1. The highest BCUT2D eigenvalue weighted by molar-refractivity contribution is 6.13. The number of fused-ring (bicyclic) bond motifs is 1. The number of hydrogen-bond donors (Lipinski definition) is 0. The summed E-state index contributed by atoms with van der Waals surface area (Å²) < 4.78 is 7.52. The zero-order valence-electron chi connectivity index (χ0n) is 13.1. The van der Waals surface area contributed by atoms with E-state index >= 15 is 0 Å². The Balaban J connectivity index is 2.44. The van der Waals surface area contributed by atoms with Crippen molar-refractivity contribution < 1.29 is 9.53 Å². The molecule has 0 amide bonds. The maximum Gasteiger partial charge on any atom is 0.162 e. The van der Waals surface area contributed by atoms with Crippen LogP contribution in [0.1, 0.15) is 24.2 Å². The predicted octanol–water partition coefficient (Wildman–Crippen LogP) is 4.54. The number of aromatic nitrogens is 1. The van der Waals surface area contributed by atoms with Gasteiger partial charge in [-0.2, -0.15) is 0 Å². The molecule has 0 N–H and O–H groups in total. The summed E-state index contributed by atoms with van der Waals surface area (Å²) in [6.45, 7) is 4.53. The number of hydrogen-bond acceptors (Lipinski definition) is 2. The first-order valence-corrected chi connectivity index (χ1v) is 7.44. The van der Waals surface area contributed by atoms with Crippen molar-refractivity contribution in [3.8, 4) is 17.0 Å². The quantitative estimate of drug-likeness (QED) is 0.661. The number of carbonyl (C=O) groups excluding carboxylic acids is 1. The third-order valence-electron chi connectivity index (χ3n) is 3.99. The lowest BCUT2D eigenvalue weighted by Crippen LogP contribution is -2.00. The molecule has 0 fully saturated rings. The van der Waals surface area contributed by atoms with Gasteiger partial charge < -0.3 is 9.30 Å². The Morgan fingerprint density at radius 2 is 1.86 bits per heavy atom. The maximum absolute atomic E-state index is 12.3. The molecule has 112 valence electrons. The molecule has 0 radical (unpaired) electrons. The van der Waals surface area contributed by atoms with Gasteiger partial charge in [0.15, 0.2) is 5.78 Å². The van der Waals surface area contributed by atoms with E-state index in [9.17, 15) is 4.79 Å². The first-order chi connectivity index (χ1) is 10.7. The van der Waals surface area contributed by atoms with Crippen molar-refractivity contribution in [3.63, 3.8) is 0 Å². The Labute approximate surface area is 130 Å². The van der Waals surface area contributed by atoms with Gasteiger partial charge >= 0.3 is 0 Å². The minimum atomic E-state index is 0.0734. The number of carbonyl (C=O) groups is 1. The fourth-order valence-electron chi connectivity index (χ4n) is 3.04. The Hall–Kier alpha value is -2.55. The molecule has 0 saturated carbocycles. The van der Waals surface area contributed by atoms with Gasteiger partial charge in [-0.05, 0) is 37.6 Å². The van der Waals surface area contributed by atoms with Crippen LogP contribution in [0, 0.1) is 0 Å². The lowest BCUT2D eigenvalue weighted by molar-refractivity contribution is 0.101. The fourth-order valence-corrected chi connectivity index (χ4v) is 3.04. The van der Waals surface area contributed by atoms with Crippen molar-refractivity contribution in [1.82, 2.24) is 4.57 Å². The molecule has 1 aromatic heterocycles. The van der Waals surface area contributed by atoms with Crippen LogP contribution in [0.25, 0.3) is 22.2 Å². The monoisotopic (exact) mass is 293 g/mol. The van der Waals surface area contributed by atoms with E-state index in [2.05, 4.69) is 11.5 Å². The summed E-state index contributed by atoms with van der Waals surface area (Å²) in [6.07, 6.45) is 0. The number of rotatable bonds is 4. The van der Waals surface area contributed by atoms with Crippen molar-refractivity contribution in [2.24, 2.45) is 0 Å². The van der Waals surface area contributed by atoms with E-state index < -0.39 is 0 Å². The fraction of sp³-hybridized carbons (Fsp3) is 0.211. The highest BCUT2D eigenvalue weighted by Gasteiger charge is 2.21. The highest BCUT2D eigenvalue weighted by atomic mass is 16.5. The van der Waals surface area contributed by atoms with Gasteiger partial charge in [0.1, 0.15) is 5.75 Å². The van der Waals surface area contributed by atoms with Gasteiger partial charge in [-0.3, -0.25) is 4.79 Å². The lowest BCUT2D eigenvalue weighted by Gasteiger charge is -2.09. The number of ether oxygens (including phenoxy) is 1. The molecule has 22 heavy (non-hydrogen) atoms. The minimum Gasteiger partial charge on any atom is -0.497 e. The Kier molecular flexibility index (Phi) is 3.72. The van der Waals surface area contributed by atoms with Crippen LogP contribution in [0.5, 0.6) is 5.75 Å². The standard InChI is InChI=1S/C19H19NO2/c1-4-20-17-11-10-15(22-3)12-16(17)18(13(2)21)19(20)14-8-6-5-7-9-14/h5-12H,4H2,1-3H3. The maximum atomic E-state index is 12.3. The van der Waals surface area contributed by atoms with E-state index in [0.717, 1.165) is 40.0 Å². The summed E-state index contributed by atoms with van der Waals surface area (Å²) in [5.74, 6) is 0.840. The predicted molar refractivity (Wildman–Crippen MR) is 89.6 cm³/mol. The summed E-state index contributed by atoms with van der Waals surface area (Å²) in [4.78, 5) is 12.3. The molecule has 0 spiro atoms. The van der Waals surface area contributed by atoms with E-state index in [-0.39, 0.29) is 5.78 Å². The second-order valence-electron chi connectivity index (χ2n) is 5.27. The number of benzene rings is 2. The van der Waals surface area contributed by atoms with E-state index in [1.54, 1.807) is 14.0 Å². The Morgan fingerprint density at radius 3 is 2.45 bits per heavy atom. The van der Waals surface area contributed by atoms with E-state index in [1.165, 1.54) is 0 Å². The van der Waals surface area contributed by atoms with Crippen molar-refractivity contribution in [3.05, 3.63) is 54.1 Å². The van der Waals surface area contributed by atoms with Crippen molar-refractivity contribution >= 4 is 16.7 Å². The molecular weight excluding hydrogens is 274 g/mol. The molecule has 2 aromatic carbocycles. The molecular formula is C19H19NO2. The van der Waals surface area contributed by atoms with Crippen molar-refractivity contribution in [1.29, 1.82) is 0 Å². The van der Waals surface area contributed by atoms with Crippen LogP contribution in [-0.2, 0) is 6.54 Å². The first kappa shape index (κ1) is 14.4. The summed E-state index contributed by atoms with van der Waals surface area (Å²) in [7, 11) is 1.64. The van der Waals surface area contributed by atoms with E-state index in [4.69, 9.17) is 4.74 Å². The van der Waals surface area contributed by atoms with Gasteiger partial charge in [0.25, 0.3) is 0 Å². The molecule has 3 rings (SSSR count). The lowest BCUT2D eigenvalue weighted by atomic mass is 10.0. The topological polar surface area (TPSA) is 31.2 Å². The minimum absolute atomic E-state index is 0.0734. The molecule has 0 bridgehead atoms. The largest absolute Gasteiger partial charge is 0.497 e. The highest BCUT2D eigenvalue weighted by Crippen LogP contribution is 2.36. The average molecular weight is 293 g/mol. The molecule has 3 nitrogen and oxygen atoms in total. The molecule has 0 aliphatic heterocycles. The number of ketones is 1.